The summed E-state index contributed by atoms with van der Waals surface area (Å²) in [5.41, 5.74) is 6.24. The zero-order valence-corrected chi connectivity index (χ0v) is 18.6. The van der Waals surface area contributed by atoms with E-state index in [-0.39, 0.29) is 18.1 Å². The van der Waals surface area contributed by atoms with Crippen LogP contribution >= 0.6 is 0 Å². The van der Waals surface area contributed by atoms with Gasteiger partial charge in [0.1, 0.15) is 5.75 Å². The van der Waals surface area contributed by atoms with Crippen LogP contribution in [0.25, 0.3) is 10.8 Å². The van der Waals surface area contributed by atoms with E-state index in [1.165, 1.54) is 11.3 Å². The molecule has 1 aliphatic heterocycles. The number of carbonyl (C=O) groups excluding carboxylic acids is 1. The molecule has 5 heteroatoms. The Labute approximate surface area is 183 Å². The third-order valence-electron chi connectivity index (χ3n) is 6.17. The van der Waals surface area contributed by atoms with Crippen molar-refractivity contribution in [1.82, 2.24) is 5.43 Å². The molecule has 1 N–H and O–H groups in total. The van der Waals surface area contributed by atoms with E-state index in [0.29, 0.717) is 11.7 Å². The molecular weight excluding hydrogens is 386 g/mol. The Morgan fingerprint density at radius 1 is 1.19 bits per heavy atom. The van der Waals surface area contributed by atoms with Gasteiger partial charge in [-0.25, -0.2) is 5.43 Å². The molecule has 5 nitrogen and oxygen atoms in total. The second-order valence-electron chi connectivity index (χ2n) is 8.85. The van der Waals surface area contributed by atoms with Crippen molar-refractivity contribution < 1.29 is 9.53 Å². The highest BCUT2D eigenvalue weighted by Gasteiger charge is 2.33. The van der Waals surface area contributed by atoms with Crippen LogP contribution in [0.2, 0.25) is 0 Å². The van der Waals surface area contributed by atoms with Gasteiger partial charge in [-0.05, 0) is 60.9 Å². The Morgan fingerprint density at radius 3 is 2.81 bits per heavy atom. The summed E-state index contributed by atoms with van der Waals surface area (Å²) in [6.45, 7) is 6.72. The number of hydrazone groups is 1. The number of hydrogen-bond acceptors (Lipinski definition) is 4. The van der Waals surface area contributed by atoms with E-state index in [2.05, 4.69) is 55.4 Å². The van der Waals surface area contributed by atoms with Gasteiger partial charge < -0.3 is 9.64 Å². The van der Waals surface area contributed by atoms with Crippen LogP contribution in [0, 0.1) is 0 Å². The van der Waals surface area contributed by atoms with Crippen molar-refractivity contribution >= 4 is 28.6 Å². The number of hydrogen-bond donors (Lipinski definition) is 1. The van der Waals surface area contributed by atoms with Crippen LogP contribution in [0.5, 0.6) is 5.75 Å². The first-order valence-electron chi connectivity index (χ1n) is 10.7. The smallest absolute Gasteiger partial charge is 0.277 e. The van der Waals surface area contributed by atoms with E-state index in [9.17, 15) is 4.79 Å². The topological polar surface area (TPSA) is 53.9 Å². The Hall–Kier alpha value is -3.34. The average Bonchev–Trinajstić information content (AvgIpc) is 2.76. The fourth-order valence-electron chi connectivity index (χ4n) is 4.35. The molecule has 1 atom stereocenters. The molecule has 3 aromatic rings. The molecule has 0 bridgehead atoms. The molecule has 0 saturated carbocycles. The van der Waals surface area contributed by atoms with Gasteiger partial charge in [0.2, 0.25) is 0 Å². The first-order chi connectivity index (χ1) is 14.8. The summed E-state index contributed by atoms with van der Waals surface area (Å²) < 4.78 is 5.71. The summed E-state index contributed by atoms with van der Waals surface area (Å²) in [5, 5.41) is 6.18. The minimum Gasteiger partial charge on any atom is -0.483 e. The molecule has 1 amide bonds. The minimum absolute atomic E-state index is 0.0908. The Bertz CT molecular complexity index is 1130. The van der Waals surface area contributed by atoms with Crippen molar-refractivity contribution in [3.8, 4) is 5.75 Å². The standard InChI is InChI=1S/C26H29N3O2/c1-18-15-26(2,3)29(4)23-13-12-19(14-22(18)23)16-27-28-25(30)17-31-24-11-7-9-20-8-5-6-10-21(20)24/h5-14,16,18H,15,17H2,1-4H3,(H,28,30)/b27-16-. The quantitative estimate of drug-likeness (QED) is 0.466. The summed E-state index contributed by atoms with van der Waals surface area (Å²) in [6, 6.07) is 20.1. The molecule has 0 radical (unpaired) electrons. The number of nitrogens with zero attached hydrogens (tertiary/aromatic N) is 2. The summed E-state index contributed by atoms with van der Waals surface area (Å²) in [7, 11) is 2.15. The zero-order valence-electron chi connectivity index (χ0n) is 18.6. The number of anilines is 1. The second kappa shape index (κ2) is 8.42. The van der Waals surface area contributed by atoms with Gasteiger partial charge in [0.25, 0.3) is 5.91 Å². The van der Waals surface area contributed by atoms with Crippen LogP contribution in [0.1, 0.15) is 44.2 Å². The van der Waals surface area contributed by atoms with Crippen molar-refractivity contribution in [2.24, 2.45) is 5.10 Å². The normalized spacial score (nSPS) is 17.5. The van der Waals surface area contributed by atoms with Gasteiger partial charge in [-0.1, -0.05) is 49.4 Å². The van der Waals surface area contributed by atoms with Gasteiger partial charge >= 0.3 is 0 Å². The molecule has 1 heterocycles. The van der Waals surface area contributed by atoms with Gasteiger partial charge in [-0.3, -0.25) is 4.79 Å². The van der Waals surface area contributed by atoms with E-state index < -0.39 is 0 Å². The molecule has 160 valence electrons. The predicted octanol–water partition coefficient (Wildman–Crippen LogP) is 5.09. The summed E-state index contributed by atoms with van der Waals surface area (Å²) >= 11 is 0. The lowest BCUT2D eigenvalue weighted by molar-refractivity contribution is -0.123. The van der Waals surface area contributed by atoms with Gasteiger partial charge in [0, 0.05) is 23.7 Å². The number of rotatable bonds is 5. The lowest BCUT2D eigenvalue weighted by Crippen LogP contribution is -2.45. The van der Waals surface area contributed by atoms with Crippen LogP contribution < -0.4 is 15.1 Å². The number of fused-ring (bicyclic) bond motifs is 2. The van der Waals surface area contributed by atoms with Crippen molar-refractivity contribution in [1.29, 1.82) is 0 Å². The van der Waals surface area contributed by atoms with Gasteiger partial charge in [-0.15, -0.1) is 0 Å². The largest absolute Gasteiger partial charge is 0.483 e. The van der Waals surface area contributed by atoms with Crippen LogP contribution in [0.15, 0.2) is 65.8 Å². The van der Waals surface area contributed by atoms with E-state index in [4.69, 9.17) is 4.74 Å². The highest BCUT2D eigenvalue weighted by atomic mass is 16.5. The van der Waals surface area contributed by atoms with E-state index in [0.717, 1.165) is 22.8 Å². The Kier molecular flexibility index (Phi) is 5.68. The first-order valence-corrected chi connectivity index (χ1v) is 10.7. The molecule has 0 spiro atoms. The second-order valence-corrected chi connectivity index (χ2v) is 8.85. The highest BCUT2D eigenvalue weighted by Crippen LogP contribution is 2.42. The highest BCUT2D eigenvalue weighted by molar-refractivity contribution is 5.89. The van der Waals surface area contributed by atoms with Crippen LogP contribution in [-0.4, -0.2) is 31.3 Å². The van der Waals surface area contributed by atoms with Crippen molar-refractivity contribution in [3.05, 3.63) is 71.8 Å². The molecule has 1 aliphatic rings. The summed E-state index contributed by atoms with van der Waals surface area (Å²) in [4.78, 5) is 14.5. The number of amides is 1. The molecule has 3 aromatic carbocycles. The van der Waals surface area contributed by atoms with E-state index >= 15 is 0 Å². The van der Waals surface area contributed by atoms with Gasteiger partial charge in [-0.2, -0.15) is 5.10 Å². The maximum Gasteiger partial charge on any atom is 0.277 e. The summed E-state index contributed by atoms with van der Waals surface area (Å²) in [6.07, 6.45) is 2.78. The maximum absolute atomic E-state index is 12.2. The molecule has 0 aromatic heterocycles. The molecule has 31 heavy (non-hydrogen) atoms. The van der Waals surface area contributed by atoms with Gasteiger partial charge in [0.05, 0.1) is 6.21 Å². The molecule has 0 fully saturated rings. The number of ether oxygens (including phenoxy) is 1. The van der Waals surface area contributed by atoms with Crippen LogP contribution in [0.3, 0.4) is 0 Å². The molecule has 1 unspecified atom stereocenters. The number of carbonyl (C=O) groups is 1. The first kappa shape index (κ1) is 20.9. The molecule has 0 aliphatic carbocycles. The predicted molar refractivity (Wildman–Crippen MR) is 127 cm³/mol. The van der Waals surface area contributed by atoms with Crippen molar-refractivity contribution in [2.75, 3.05) is 18.6 Å². The van der Waals surface area contributed by atoms with E-state index in [1.54, 1.807) is 6.21 Å². The number of nitrogens with one attached hydrogen (secondary N) is 1. The molecule has 0 saturated heterocycles. The van der Waals surface area contributed by atoms with Crippen molar-refractivity contribution in [3.63, 3.8) is 0 Å². The van der Waals surface area contributed by atoms with E-state index in [1.807, 2.05) is 48.5 Å². The zero-order chi connectivity index (χ0) is 22.0. The van der Waals surface area contributed by atoms with Crippen molar-refractivity contribution in [2.45, 2.75) is 38.6 Å². The third-order valence-corrected chi connectivity index (χ3v) is 6.17. The number of benzene rings is 3. The van der Waals surface area contributed by atoms with Crippen LogP contribution in [-0.2, 0) is 4.79 Å². The van der Waals surface area contributed by atoms with Gasteiger partial charge in [0.15, 0.2) is 6.61 Å². The maximum atomic E-state index is 12.2. The lowest BCUT2D eigenvalue weighted by atomic mass is 9.80. The fraction of sp³-hybridized carbons (Fsp3) is 0.308. The lowest BCUT2D eigenvalue weighted by Gasteiger charge is -2.45. The monoisotopic (exact) mass is 415 g/mol. The summed E-state index contributed by atoms with van der Waals surface area (Å²) in [5.74, 6) is 0.864. The van der Waals surface area contributed by atoms with Crippen LogP contribution in [0.4, 0.5) is 5.69 Å². The fourth-order valence-corrected chi connectivity index (χ4v) is 4.35. The molecule has 4 rings (SSSR count). The molecular formula is C26H29N3O2. The minimum atomic E-state index is -0.294. The third kappa shape index (κ3) is 4.41. The SMILES string of the molecule is CC1CC(C)(C)N(C)c2ccc(/C=N\NC(=O)COc3cccc4ccccc34)cc21. The Morgan fingerprint density at radius 2 is 1.97 bits per heavy atom. The average molecular weight is 416 g/mol. The Balaban J connectivity index is 1.38.